The summed E-state index contributed by atoms with van der Waals surface area (Å²) in [5.41, 5.74) is 2.07. The highest BCUT2D eigenvalue weighted by atomic mass is 79.9. The first-order chi connectivity index (χ1) is 6.22. The molecule has 0 aliphatic heterocycles. The van der Waals surface area contributed by atoms with Crippen molar-refractivity contribution in [1.82, 2.24) is 4.57 Å². The van der Waals surface area contributed by atoms with Gasteiger partial charge in [-0.1, -0.05) is 15.9 Å². The molecule has 0 aliphatic carbocycles. The molecule has 0 spiro atoms. The van der Waals surface area contributed by atoms with Crippen LogP contribution in [-0.2, 0) is 13.7 Å². The van der Waals surface area contributed by atoms with E-state index in [9.17, 15) is 0 Å². The van der Waals surface area contributed by atoms with E-state index in [1.165, 1.54) is 5.39 Å². The molecule has 0 radical (unpaired) electrons. The van der Waals surface area contributed by atoms with E-state index in [2.05, 4.69) is 22.0 Å². The molecular weight excluding hydrogens is 230 g/mol. The van der Waals surface area contributed by atoms with E-state index in [4.69, 9.17) is 5.11 Å². The number of hydrogen-bond donors (Lipinski definition) is 1. The van der Waals surface area contributed by atoms with Gasteiger partial charge in [0.1, 0.15) is 0 Å². The van der Waals surface area contributed by atoms with E-state index < -0.39 is 0 Å². The van der Waals surface area contributed by atoms with Crippen LogP contribution < -0.4 is 0 Å². The number of halogens is 1. The molecule has 3 heteroatoms. The van der Waals surface area contributed by atoms with Crippen molar-refractivity contribution in [1.29, 1.82) is 0 Å². The maximum Gasteiger partial charge on any atom is 0.0683 e. The van der Waals surface area contributed by atoms with Crippen LogP contribution in [0.1, 0.15) is 5.56 Å². The predicted molar refractivity (Wildman–Crippen MR) is 56.5 cm³/mol. The highest BCUT2D eigenvalue weighted by Gasteiger charge is 2.03. The number of benzene rings is 1. The Morgan fingerprint density at radius 3 is 2.92 bits per heavy atom. The number of nitrogens with zero attached hydrogens (tertiary/aromatic N) is 1. The third-order valence-electron chi connectivity index (χ3n) is 2.19. The second-order valence-corrected chi connectivity index (χ2v) is 3.95. The molecule has 0 aliphatic rings. The van der Waals surface area contributed by atoms with E-state index in [0.29, 0.717) is 0 Å². The molecule has 0 atom stereocenters. The number of hydrogen-bond acceptors (Lipinski definition) is 1. The van der Waals surface area contributed by atoms with Crippen LogP contribution in [-0.4, -0.2) is 9.67 Å². The molecule has 13 heavy (non-hydrogen) atoms. The quantitative estimate of drug-likeness (QED) is 0.813. The molecule has 0 fully saturated rings. The molecule has 0 amide bonds. The van der Waals surface area contributed by atoms with Gasteiger partial charge in [-0.05, 0) is 23.8 Å². The van der Waals surface area contributed by atoms with Gasteiger partial charge in [0, 0.05) is 28.6 Å². The highest BCUT2D eigenvalue weighted by Crippen LogP contribution is 2.26. The lowest BCUT2D eigenvalue weighted by Gasteiger charge is -2.01. The maximum absolute atomic E-state index is 9.02. The fourth-order valence-electron chi connectivity index (χ4n) is 1.47. The first-order valence-corrected chi connectivity index (χ1v) is 4.86. The van der Waals surface area contributed by atoms with Crippen molar-refractivity contribution in [2.75, 3.05) is 0 Å². The van der Waals surface area contributed by atoms with Gasteiger partial charge in [-0.15, -0.1) is 0 Å². The minimum absolute atomic E-state index is 0.0831. The Hall–Kier alpha value is -0.800. The third kappa shape index (κ3) is 1.38. The van der Waals surface area contributed by atoms with E-state index >= 15 is 0 Å². The van der Waals surface area contributed by atoms with E-state index in [1.807, 2.05) is 29.9 Å². The summed E-state index contributed by atoms with van der Waals surface area (Å²) in [6.45, 7) is 0.0831. The molecule has 68 valence electrons. The summed E-state index contributed by atoms with van der Waals surface area (Å²) in [5.74, 6) is 0. The fraction of sp³-hybridized carbons (Fsp3) is 0.200. The van der Waals surface area contributed by atoms with Crippen LogP contribution >= 0.6 is 15.9 Å². The zero-order chi connectivity index (χ0) is 9.42. The summed E-state index contributed by atoms with van der Waals surface area (Å²) in [5, 5.41) is 10.2. The molecule has 1 N–H and O–H groups in total. The van der Waals surface area contributed by atoms with Crippen LogP contribution in [0.2, 0.25) is 0 Å². The first kappa shape index (κ1) is 8.78. The average Bonchev–Trinajstić information content (AvgIpc) is 2.48. The Morgan fingerprint density at radius 1 is 1.46 bits per heavy atom. The van der Waals surface area contributed by atoms with Gasteiger partial charge in [0.2, 0.25) is 0 Å². The molecule has 0 saturated heterocycles. The highest BCUT2D eigenvalue weighted by molar-refractivity contribution is 9.10. The topological polar surface area (TPSA) is 25.2 Å². The average molecular weight is 240 g/mol. The van der Waals surface area contributed by atoms with Crippen molar-refractivity contribution >= 4 is 26.8 Å². The number of fused-ring (bicyclic) bond motifs is 1. The van der Waals surface area contributed by atoms with Crippen LogP contribution in [0.3, 0.4) is 0 Å². The van der Waals surface area contributed by atoms with Gasteiger partial charge < -0.3 is 9.67 Å². The lowest BCUT2D eigenvalue weighted by atomic mass is 10.2. The van der Waals surface area contributed by atoms with Crippen molar-refractivity contribution < 1.29 is 5.11 Å². The van der Waals surface area contributed by atoms with E-state index in [-0.39, 0.29) is 6.61 Å². The van der Waals surface area contributed by atoms with Gasteiger partial charge in [0.15, 0.2) is 0 Å². The second-order valence-electron chi connectivity index (χ2n) is 3.10. The van der Waals surface area contributed by atoms with E-state index in [0.717, 1.165) is 15.6 Å². The van der Waals surface area contributed by atoms with Crippen molar-refractivity contribution in [3.8, 4) is 0 Å². The Balaban J connectivity index is 2.80. The number of aliphatic hydroxyl groups excluding tert-OH is 1. The molecule has 1 heterocycles. The third-order valence-corrected chi connectivity index (χ3v) is 2.85. The zero-order valence-corrected chi connectivity index (χ0v) is 8.87. The van der Waals surface area contributed by atoms with Gasteiger partial charge in [0.25, 0.3) is 0 Å². The fourth-order valence-corrected chi connectivity index (χ4v) is 2.10. The summed E-state index contributed by atoms with van der Waals surface area (Å²) < 4.78 is 3.08. The minimum Gasteiger partial charge on any atom is -0.392 e. The van der Waals surface area contributed by atoms with Gasteiger partial charge in [-0.2, -0.15) is 0 Å². The largest absolute Gasteiger partial charge is 0.392 e. The summed E-state index contributed by atoms with van der Waals surface area (Å²) in [7, 11) is 2.00. The van der Waals surface area contributed by atoms with Gasteiger partial charge >= 0.3 is 0 Å². The summed E-state index contributed by atoms with van der Waals surface area (Å²) in [6.07, 6.45) is 2.01. The van der Waals surface area contributed by atoms with Crippen molar-refractivity contribution in [2.45, 2.75) is 6.61 Å². The van der Waals surface area contributed by atoms with Crippen molar-refractivity contribution in [3.05, 3.63) is 34.4 Å². The molecule has 0 unspecified atom stereocenters. The summed E-state index contributed by atoms with van der Waals surface area (Å²) in [6, 6.07) is 6.00. The Bertz CT molecular complexity index is 447. The van der Waals surface area contributed by atoms with Crippen LogP contribution in [0.15, 0.2) is 28.9 Å². The monoisotopic (exact) mass is 239 g/mol. The summed E-state index contributed by atoms with van der Waals surface area (Å²) in [4.78, 5) is 0. The molecule has 1 aromatic carbocycles. The maximum atomic E-state index is 9.02. The van der Waals surface area contributed by atoms with Crippen LogP contribution in [0.4, 0.5) is 0 Å². The Kier molecular flexibility index (Phi) is 2.14. The normalized spacial score (nSPS) is 11.0. The molecule has 0 saturated carbocycles. The molecule has 0 bridgehead atoms. The second kappa shape index (κ2) is 3.16. The predicted octanol–water partition coefficient (Wildman–Crippen LogP) is 2.43. The molecular formula is C10H10BrNO. The minimum atomic E-state index is 0.0831. The van der Waals surface area contributed by atoms with Gasteiger partial charge in [-0.25, -0.2) is 0 Å². The number of aromatic nitrogens is 1. The zero-order valence-electron chi connectivity index (χ0n) is 7.29. The number of aryl methyl sites for hydroxylation is 1. The lowest BCUT2D eigenvalue weighted by molar-refractivity contribution is 0.282. The standard InChI is InChI=1S/C10H10BrNO/c1-12-3-2-8-9(11)4-7(6-13)5-10(8)12/h2-5,13H,6H2,1H3. The molecule has 2 rings (SSSR count). The first-order valence-electron chi connectivity index (χ1n) is 4.06. The van der Waals surface area contributed by atoms with Gasteiger partial charge in [-0.3, -0.25) is 0 Å². The van der Waals surface area contributed by atoms with Crippen LogP contribution in [0.25, 0.3) is 10.9 Å². The summed E-state index contributed by atoms with van der Waals surface area (Å²) >= 11 is 3.48. The molecule has 1 aromatic heterocycles. The molecule has 2 nitrogen and oxygen atoms in total. The van der Waals surface area contributed by atoms with Gasteiger partial charge in [0.05, 0.1) is 6.61 Å². The van der Waals surface area contributed by atoms with Crippen LogP contribution in [0, 0.1) is 0 Å². The van der Waals surface area contributed by atoms with E-state index in [1.54, 1.807) is 0 Å². The number of rotatable bonds is 1. The van der Waals surface area contributed by atoms with Crippen molar-refractivity contribution in [3.63, 3.8) is 0 Å². The Labute approximate surface area is 84.9 Å². The molecule has 2 aromatic rings. The lowest BCUT2D eigenvalue weighted by Crippen LogP contribution is -1.88. The van der Waals surface area contributed by atoms with Crippen molar-refractivity contribution in [2.24, 2.45) is 7.05 Å². The smallest absolute Gasteiger partial charge is 0.0683 e. The number of aliphatic hydroxyl groups is 1. The SMILES string of the molecule is Cn1ccc2c(Br)cc(CO)cc21. The van der Waals surface area contributed by atoms with Crippen LogP contribution in [0.5, 0.6) is 0 Å². The Morgan fingerprint density at radius 2 is 2.23 bits per heavy atom.